The van der Waals surface area contributed by atoms with Crippen LogP contribution < -0.4 is 10.6 Å². The Kier molecular flexibility index (Phi) is 7.73. The number of aryl methyl sites for hydroxylation is 1. The number of hydrogen-bond acceptors (Lipinski definition) is 3. The average molecular weight is 397 g/mol. The van der Waals surface area contributed by atoms with Crippen LogP contribution in [0.3, 0.4) is 0 Å². The van der Waals surface area contributed by atoms with Crippen LogP contribution in [0.1, 0.15) is 41.4 Å². The summed E-state index contributed by atoms with van der Waals surface area (Å²) in [6.45, 7) is 8.16. The number of guanidine groups is 1. The van der Waals surface area contributed by atoms with E-state index in [1.807, 2.05) is 6.92 Å². The molecule has 1 fully saturated rings. The summed E-state index contributed by atoms with van der Waals surface area (Å²) in [6.07, 6.45) is 4.65. The first-order chi connectivity index (χ1) is 14.2. The number of amides is 1. The van der Waals surface area contributed by atoms with Gasteiger partial charge in [-0.15, -0.1) is 0 Å². The molecule has 1 aliphatic heterocycles. The number of likely N-dealkylation sites (tertiary alicyclic amines) is 1. The summed E-state index contributed by atoms with van der Waals surface area (Å²) in [5, 5.41) is 6.31. The third-order valence-corrected chi connectivity index (χ3v) is 5.24. The molecule has 1 aliphatic rings. The Labute approximate surface area is 173 Å². The fourth-order valence-corrected chi connectivity index (χ4v) is 3.72. The molecule has 2 aromatic rings. The van der Waals surface area contributed by atoms with Crippen LogP contribution in [0, 0.1) is 12.8 Å². The molecule has 2 N–H and O–H groups in total. The van der Waals surface area contributed by atoms with Crippen LogP contribution in [-0.4, -0.2) is 49.5 Å². The highest BCUT2D eigenvalue weighted by atomic mass is 16.3. The summed E-state index contributed by atoms with van der Waals surface area (Å²) in [5.74, 6) is 1.88. The summed E-state index contributed by atoms with van der Waals surface area (Å²) < 4.78 is 5.22. The van der Waals surface area contributed by atoms with E-state index in [-0.39, 0.29) is 5.91 Å². The predicted molar refractivity (Wildman–Crippen MR) is 116 cm³/mol. The monoisotopic (exact) mass is 396 g/mol. The first kappa shape index (κ1) is 21.0. The van der Waals surface area contributed by atoms with Crippen molar-refractivity contribution in [2.75, 3.05) is 32.7 Å². The molecule has 6 heteroatoms. The number of furan rings is 1. The first-order valence-electron chi connectivity index (χ1n) is 10.6. The van der Waals surface area contributed by atoms with Crippen molar-refractivity contribution in [3.05, 3.63) is 59.5 Å². The van der Waals surface area contributed by atoms with Crippen molar-refractivity contribution in [3.8, 4) is 0 Å². The molecule has 2 heterocycles. The Morgan fingerprint density at radius 3 is 2.79 bits per heavy atom. The molecular weight excluding hydrogens is 364 g/mol. The Balaban J connectivity index is 1.43. The number of carbonyl (C=O) groups is 1. The highest BCUT2D eigenvalue weighted by molar-refractivity contribution is 5.92. The molecule has 3 rings (SSSR count). The van der Waals surface area contributed by atoms with Crippen molar-refractivity contribution in [3.63, 3.8) is 0 Å². The van der Waals surface area contributed by atoms with Gasteiger partial charge in [0.15, 0.2) is 11.7 Å². The molecule has 0 aliphatic carbocycles. The normalized spacial score (nSPS) is 16.8. The summed E-state index contributed by atoms with van der Waals surface area (Å²) in [5.41, 5.74) is 2.26. The van der Waals surface area contributed by atoms with Crippen molar-refractivity contribution in [2.45, 2.75) is 33.1 Å². The van der Waals surface area contributed by atoms with E-state index in [2.05, 4.69) is 52.8 Å². The van der Waals surface area contributed by atoms with Gasteiger partial charge in [0.05, 0.1) is 6.26 Å². The lowest BCUT2D eigenvalue weighted by atomic mass is 9.99. The maximum atomic E-state index is 12.1. The van der Waals surface area contributed by atoms with Gasteiger partial charge < -0.3 is 20.0 Å². The third-order valence-electron chi connectivity index (χ3n) is 5.24. The number of rotatable bonds is 8. The zero-order chi connectivity index (χ0) is 20.5. The van der Waals surface area contributed by atoms with Crippen LogP contribution in [0.25, 0.3) is 0 Å². The van der Waals surface area contributed by atoms with E-state index >= 15 is 0 Å². The Morgan fingerprint density at radius 1 is 1.24 bits per heavy atom. The van der Waals surface area contributed by atoms with E-state index in [1.165, 1.54) is 12.0 Å². The van der Waals surface area contributed by atoms with Crippen molar-refractivity contribution in [2.24, 2.45) is 10.9 Å². The molecule has 0 spiro atoms. The second kappa shape index (κ2) is 10.7. The van der Waals surface area contributed by atoms with Crippen LogP contribution in [0.5, 0.6) is 0 Å². The van der Waals surface area contributed by atoms with Gasteiger partial charge in [-0.3, -0.25) is 9.79 Å². The van der Waals surface area contributed by atoms with Crippen LogP contribution in [-0.2, 0) is 6.42 Å². The Morgan fingerprint density at radius 2 is 2.07 bits per heavy atom. The molecule has 0 saturated carbocycles. The Bertz CT molecular complexity index is 800. The second-order valence-electron chi connectivity index (χ2n) is 7.57. The number of nitrogens with one attached hydrogen (secondary N) is 2. The third kappa shape index (κ3) is 6.11. The van der Waals surface area contributed by atoms with E-state index in [4.69, 9.17) is 9.41 Å². The molecule has 0 bridgehead atoms. The van der Waals surface area contributed by atoms with Gasteiger partial charge in [-0.05, 0) is 50.7 Å². The van der Waals surface area contributed by atoms with Gasteiger partial charge >= 0.3 is 0 Å². The fraction of sp³-hybridized carbons (Fsp3) is 0.478. The highest BCUT2D eigenvalue weighted by Crippen LogP contribution is 2.21. The Hall–Kier alpha value is -2.76. The lowest BCUT2D eigenvalue weighted by molar-refractivity contribution is 0.0925. The van der Waals surface area contributed by atoms with Gasteiger partial charge in [0.25, 0.3) is 5.91 Å². The van der Waals surface area contributed by atoms with Gasteiger partial charge in [0, 0.05) is 38.3 Å². The van der Waals surface area contributed by atoms with E-state index in [1.54, 1.807) is 12.3 Å². The van der Waals surface area contributed by atoms with Crippen molar-refractivity contribution < 1.29 is 9.21 Å². The van der Waals surface area contributed by atoms with Crippen molar-refractivity contribution in [1.29, 1.82) is 0 Å². The minimum Gasteiger partial charge on any atom is -0.459 e. The van der Waals surface area contributed by atoms with Crippen LogP contribution in [0.2, 0.25) is 0 Å². The van der Waals surface area contributed by atoms with Gasteiger partial charge in [-0.1, -0.05) is 30.3 Å². The zero-order valence-corrected chi connectivity index (χ0v) is 17.5. The molecule has 1 atom stereocenters. The van der Waals surface area contributed by atoms with E-state index in [0.717, 1.165) is 44.0 Å². The highest BCUT2D eigenvalue weighted by Gasteiger charge is 2.24. The SMILES string of the molecule is CCNC(=NCCCNC(=O)c1occc1C)N1CCC(Cc2ccccc2)C1. The fourth-order valence-electron chi connectivity index (χ4n) is 3.72. The summed E-state index contributed by atoms with van der Waals surface area (Å²) >= 11 is 0. The lowest BCUT2D eigenvalue weighted by Gasteiger charge is -2.21. The van der Waals surface area contributed by atoms with Gasteiger partial charge in [-0.2, -0.15) is 0 Å². The van der Waals surface area contributed by atoms with E-state index < -0.39 is 0 Å². The lowest BCUT2D eigenvalue weighted by Crippen LogP contribution is -2.40. The first-order valence-corrected chi connectivity index (χ1v) is 10.6. The minimum atomic E-state index is -0.160. The number of aliphatic imine (C=N–C) groups is 1. The van der Waals surface area contributed by atoms with Crippen LogP contribution in [0.15, 0.2) is 52.1 Å². The molecule has 1 saturated heterocycles. The quantitative estimate of drug-likeness (QED) is 0.408. The predicted octanol–water partition coefficient (Wildman–Crippen LogP) is 3.24. The average Bonchev–Trinajstić information content (AvgIpc) is 3.36. The molecule has 156 valence electrons. The minimum absolute atomic E-state index is 0.160. The molecule has 6 nitrogen and oxygen atoms in total. The van der Waals surface area contributed by atoms with Crippen LogP contribution >= 0.6 is 0 Å². The number of carbonyl (C=O) groups excluding carboxylic acids is 1. The molecule has 1 amide bonds. The molecule has 29 heavy (non-hydrogen) atoms. The van der Waals surface area contributed by atoms with E-state index in [9.17, 15) is 4.79 Å². The number of benzene rings is 1. The van der Waals surface area contributed by atoms with Crippen molar-refractivity contribution >= 4 is 11.9 Å². The van der Waals surface area contributed by atoms with Crippen LogP contribution in [0.4, 0.5) is 0 Å². The maximum absolute atomic E-state index is 12.1. The molecule has 1 unspecified atom stereocenters. The van der Waals surface area contributed by atoms with Crippen molar-refractivity contribution in [1.82, 2.24) is 15.5 Å². The standard InChI is InChI=1S/C23H32N4O2/c1-3-24-23(26-13-7-12-25-22(28)21-18(2)11-15-29-21)27-14-10-20(17-27)16-19-8-5-4-6-9-19/h4-6,8-9,11,15,20H,3,7,10,12-14,16-17H2,1-2H3,(H,24,26)(H,25,28). The van der Waals surface area contributed by atoms with Gasteiger partial charge in [-0.25, -0.2) is 0 Å². The van der Waals surface area contributed by atoms with Gasteiger partial charge in [0.2, 0.25) is 0 Å². The maximum Gasteiger partial charge on any atom is 0.287 e. The topological polar surface area (TPSA) is 69.9 Å². The summed E-state index contributed by atoms with van der Waals surface area (Å²) in [7, 11) is 0. The molecular formula is C23H32N4O2. The summed E-state index contributed by atoms with van der Waals surface area (Å²) in [4.78, 5) is 19.2. The number of nitrogens with zero attached hydrogens (tertiary/aromatic N) is 2. The smallest absolute Gasteiger partial charge is 0.287 e. The molecule has 1 aromatic heterocycles. The van der Waals surface area contributed by atoms with E-state index in [0.29, 0.717) is 24.8 Å². The number of hydrogen-bond donors (Lipinski definition) is 2. The van der Waals surface area contributed by atoms with Gasteiger partial charge in [0.1, 0.15) is 0 Å². The molecule has 0 radical (unpaired) electrons. The zero-order valence-electron chi connectivity index (χ0n) is 17.5. The molecule has 1 aromatic carbocycles. The largest absolute Gasteiger partial charge is 0.459 e. The summed E-state index contributed by atoms with van der Waals surface area (Å²) in [6, 6.07) is 12.5. The second-order valence-corrected chi connectivity index (χ2v) is 7.57.